The zero-order valence-electron chi connectivity index (χ0n) is 7.94. The Morgan fingerprint density at radius 1 is 1.42 bits per heavy atom. The van der Waals surface area contributed by atoms with Crippen molar-refractivity contribution in [1.29, 1.82) is 0 Å². The molecular formula is C10H19NO. The van der Waals surface area contributed by atoms with Gasteiger partial charge in [0.25, 0.3) is 0 Å². The Bertz CT molecular complexity index is 135. The predicted molar refractivity (Wildman–Crippen MR) is 50.2 cm³/mol. The van der Waals surface area contributed by atoms with Crippen molar-refractivity contribution in [1.82, 2.24) is 5.32 Å². The van der Waals surface area contributed by atoms with Crippen LogP contribution in [0.3, 0.4) is 0 Å². The number of Topliss-reactive ketones (excluding diaryl/α,β-unsaturated/α-hetero) is 1. The number of hydrogen-bond donors (Lipinski definition) is 1. The zero-order valence-corrected chi connectivity index (χ0v) is 7.94. The smallest absolute Gasteiger partial charge is 0.133 e. The zero-order chi connectivity index (χ0) is 8.81. The summed E-state index contributed by atoms with van der Waals surface area (Å²) in [4.78, 5) is 10.9. The van der Waals surface area contributed by atoms with Crippen LogP contribution >= 0.6 is 0 Å². The summed E-state index contributed by atoms with van der Waals surface area (Å²) in [5, 5.41) is 3.49. The average Bonchev–Trinajstić information content (AvgIpc) is 2.09. The van der Waals surface area contributed by atoms with Crippen molar-refractivity contribution in [2.45, 2.75) is 51.5 Å². The van der Waals surface area contributed by atoms with E-state index in [1.165, 1.54) is 12.8 Å². The molecule has 1 fully saturated rings. The number of ketones is 1. The molecule has 1 aliphatic rings. The molecule has 1 saturated carbocycles. The first-order valence-electron chi connectivity index (χ1n) is 5.08. The van der Waals surface area contributed by atoms with Gasteiger partial charge in [-0.2, -0.15) is 0 Å². The summed E-state index contributed by atoms with van der Waals surface area (Å²) in [7, 11) is 0. The van der Waals surface area contributed by atoms with Crippen molar-refractivity contribution in [2.24, 2.45) is 0 Å². The lowest BCUT2D eigenvalue weighted by Crippen LogP contribution is -2.33. The molecule has 0 aliphatic heterocycles. The van der Waals surface area contributed by atoms with Crippen LogP contribution in [0.4, 0.5) is 0 Å². The summed E-state index contributed by atoms with van der Waals surface area (Å²) in [6.07, 6.45) is 6.21. The van der Waals surface area contributed by atoms with Gasteiger partial charge in [-0.1, -0.05) is 13.3 Å². The minimum Gasteiger partial charge on any atom is -0.314 e. The van der Waals surface area contributed by atoms with Crippen LogP contribution in [-0.4, -0.2) is 18.4 Å². The third-order valence-electron chi connectivity index (χ3n) is 2.51. The second-order valence-electron chi connectivity index (χ2n) is 3.62. The highest BCUT2D eigenvalue weighted by Crippen LogP contribution is 2.14. The highest BCUT2D eigenvalue weighted by Gasteiger charge is 2.17. The van der Waals surface area contributed by atoms with Gasteiger partial charge in [-0.3, -0.25) is 4.79 Å². The number of rotatable bonds is 4. The highest BCUT2D eigenvalue weighted by molar-refractivity contribution is 5.79. The van der Waals surface area contributed by atoms with Gasteiger partial charge >= 0.3 is 0 Å². The maximum absolute atomic E-state index is 10.9. The van der Waals surface area contributed by atoms with E-state index in [0.717, 1.165) is 32.2 Å². The maximum Gasteiger partial charge on any atom is 0.133 e. The van der Waals surface area contributed by atoms with Gasteiger partial charge in [0.1, 0.15) is 5.78 Å². The quantitative estimate of drug-likeness (QED) is 0.651. The van der Waals surface area contributed by atoms with Crippen molar-refractivity contribution < 1.29 is 4.79 Å². The standard InChI is InChI=1S/C10H19NO/c1-2-3-8-11-9-4-6-10(12)7-5-9/h9,11H,2-8H2,1H3. The van der Waals surface area contributed by atoms with E-state index in [1.54, 1.807) is 0 Å². The van der Waals surface area contributed by atoms with Gasteiger partial charge in [-0.15, -0.1) is 0 Å². The van der Waals surface area contributed by atoms with E-state index < -0.39 is 0 Å². The molecule has 0 radical (unpaired) electrons. The van der Waals surface area contributed by atoms with E-state index in [1.807, 2.05) is 0 Å². The van der Waals surface area contributed by atoms with Crippen molar-refractivity contribution in [3.05, 3.63) is 0 Å². The maximum atomic E-state index is 10.9. The fraction of sp³-hybridized carbons (Fsp3) is 0.900. The molecule has 0 aromatic carbocycles. The van der Waals surface area contributed by atoms with E-state index in [-0.39, 0.29) is 0 Å². The molecule has 0 aromatic heterocycles. The lowest BCUT2D eigenvalue weighted by molar-refractivity contribution is -0.120. The van der Waals surface area contributed by atoms with Crippen molar-refractivity contribution in [3.8, 4) is 0 Å². The molecule has 2 nitrogen and oxygen atoms in total. The first kappa shape index (κ1) is 9.72. The summed E-state index contributed by atoms with van der Waals surface area (Å²) in [5.41, 5.74) is 0. The van der Waals surface area contributed by atoms with E-state index in [9.17, 15) is 4.79 Å². The Labute approximate surface area is 74.7 Å². The first-order chi connectivity index (χ1) is 5.83. The largest absolute Gasteiger partial charge is 0.314 e. The number of nitrogens with one attached hydrogen (secondary N) is 1. The van der Waals surface area contributed by atoms with Crippen LogP contribution in [0, 0.1) is 0 Å². The van der Waals surface area contributed by atoms with Gasteiger partial charge in [0, 0.05) is 18.9 Å². The molecule has 0 amide bonds. The first-order valence-corrected chi connectivity index (χ1v) is 5.08. The summed E-state index contributed by atoms with van der Waals surface area (Å²) < 4.78 is 0. The van der Waals surface area contributed by atoms with Crippen LogP contribution in [-0.2, 0) is 4.79 Å². The van der Waals surface area contributed by atoms with Gasteiger partial charge in [0.15, 0.2) is 0 Å². The van der Waals surface area contributed by atoms with E-state index in [2.05, 4.69) is 12.2 Å². The fourth-order valence-corrected chi connectivity index (χ4v) is 1.63. The monoisotopic (exact) mass is 169 g/mol. The number of hydrogen-bond acceptors (Lipinski definition) is 2. The minimum absolute atomic E-state index is 0.448. The summed E-state index contributed by atoms with van der Waals surface area (Å²) >= 11 is 0. The van der Waals surface area contributed by atoms with Crippen LogP contribution in [0.2, 0.25) is 0 Å². The molecule has 1 aliphatic carbocycles. The second-order valence-corrected chi connectivity index (χ2v) is 3.62. The van der Waals surface area contributed by atoms with Crippen molar-refractivity contribution in [3.63, 3.8) is 0 Å². The Morgan fingerprint density at radius 2 is 2.08 bits per heavy atom. The Hall–Kier alpha value is -0.370. The third-order valence-corrected chi connectivity index (χ3v) is 2.51. The fourth-order valence-electron chi connectivity index (χ4n) is 1.63. The average molecular weight is 169 g/mol. The molecule has 1 rings (SSSR count). The molecule has 70 valence electrons. The van der Waals surface area contributed by atoms with Crippen molar-refractivity contribution in [2.75, 3.05) is 6.54 Å². The summed E-state index contributed by atoms with van der Waals surface area (Å²) in [5.74, 6) is 0.448. The van der Waals surface area contributed by atoms with Gasteiger partial charge in [-0.25, -0.2) is 0 Å². The summed E-state index contributed by atoms with van der Waals surface area (Å²) in [6.45, 7) is 3.32. The molecule has 0 atom stereocenters. The molecule has 1 N–H and O–H groups in total. The lowest BCUT2D eigenvalue weighted by Gasteiger charge is -2.21. The van der Waals surface area contributed by atoms with Crippen LogP contribution in [0.1, 0.15) is 45.4 Å². The number of carbonyl (C=O) groups is 1. The van der Waals surface area contributed by atoms with E-state index >= 15 is 0 Å². The molecule has 12 heavy (non-hydrogen) atoms. The Kier molecular flexibility index (Phi) is 4.30. The topological polar surface area (TPSA) is 29.1 Å². The Balaban J connectivity index is 2.05. The number of carbonyl (C=O) groups excluding carboxylic acids is 1. The molecule has 0 saturated heterocycles. The molecular weight excluding hydrogens is 150 g/mol. The Morgan fingerprint density at radius 3 is 2.67 bits per heavy atom. The second kappa shape index (κ2) is 5.31. The third kappa shape index (κ3) is 3.35. The molecule has 0 spiro atoms. The van der Waals surface area contributed by atoms with Crippen LogP contribution in [0.25, 0.3) is 0 Å². The minimum atomic E-state index is 0.448. The highest BCUT2D eigenvalue weighted by atomic mass is 16.1. The lowest BCUT2D eigenvalue weighted by atomic mass is 9.94. The molecule has 0 aromatic rings. The molecule has 2 heteroatoms. The summed E-state index contributed by atoms with van der Waals surface area (Å²) in [6, 6.07) is 0.620. The predicted octanol–water partition coefficient (Wildman–Crippen LogP) is 1.89. The van der Waals surface area contributed by atoms with Gasteiger partial charge in [0.2, 0.25) is 0 Å². The SMILES string of the molecule is CCCCNC1CCC(=O)CC1. The van der Waals surface area contributed by atoms with Crippen LogP contribution < -0.4 is 5.32 Å². The van der Waals surface area contributed by atoms with Crippen LogP contribution in [0.15, 0.2) is 0 Å². The molecule has 0 bridgehead atoms. The van der Waals surface area contributed by atoms with E-state index in [0.29, 0.717) is 11.8 Å². The van der Waals surface area contributed by atoms with E-state index in [4.69, 9.17) is 0 Å². The van der Waals surface area contributed by atoms with Gasteiger partial charge in [0.05, 0.1) is 0 Å². The number of unbranched alkanes of at least 4 members (excludes halogenated alkanes) is 1. The molecule has 0 heterocycles. The normalized spacial score (nSPS) is 19.9. The van der Waals surface area contributed by atoms with Crippen molar-refractivity contribution >= 4 is 5.78 Å². The van der Waals surface area contributed by atoms with Gasteiger partial charge in [-0.05, 0) is 25.8 Å². The van der Waals surface area contributed by atoms with Gasteiger partial charge < -0.3 is 5.32 Å². The van der Waals surface area contributed by atoms with Crippen LogP contribution in [0.5, 0.6) is 0 Å². The molecule has 0 unspecified atom stereocenters.